The van der Waals surface area contributed by atoms with Crippen molar-refractivity contribution in [2.45, 2.75) is 31.2 Å². The topological polar surface area (TPSA) is 85.3 Å². The molecular weight excluding hydrogens is 302 g/mol. The van der Waals surface area contributed by atoms with Gasteiger partial charge in [-0.2, -0.15) is 0 Å². The molecule has 1 aromatic rings. The summed E-state index contributed by atoms with van der Waals surface area (Å²) < 4.78 is 16.7. The number of ether oxygens (including phenoxy) is 3. The van der Waals surface area contributed by atoms with Gasteiger partial charge >= 0.3 is 5.97 Å². The van der Waals surface area contributed by atoms with E-state index in [9.17, 15) is 9.59 Å². The van der Waals surface area contributed by atoms with Gasteiger partial charge in [-0.05, 0) is 25.0 Å². The van der Waals surface area contributed by atoms with Crippen LogP contribution < -0.4 is 9.47 Å². The van der Waals surface area contributed by atoms with E-state index < -0.39 is 18.2 Å². The third-order valence-electron chi connectivity index (χ3n) is 3.99. The van der Waals surface area contributed by atoms with Crippen LogP contribution in [0.1, 0.15) is 12.8 Å². The Labute approximate surface area is 133 Å². The van der Waals surface area contributed by atoms with Crippen molar-refractivity contribution in [1.29, 1.82) is 0 Å². The molecule has 0 aliphatic carbocycles. The number of hydrogen-bond acceptors (Lipinski definition) is 5. The number of carbonyl (C=O) groups is 2. The number of benzene rings is 1. The summed E-state index contributed by atoms with van der Waals surface area (Å²) >= 11 is 0. The Kier molecular flexibility index (Phi) is 4.38. The number of carboxylic acid groups (broad SMARTS) is 1. The number of aliphatic carboxylic acids is 1. The van der Waals surface area contributed by atoms with Crippen LogP contribution in [0.5, 0.6) is 11.5 Å². The monoisotopic (exact) mass is 321 g/mol. The molecule has 2 heterocycles. The first-order chi connectivity index (χ1) is 11.0. The Hall–Kier alpha value is -2.28. The number of likely N-dealkylation sites (N-methyl/N-ethyl adjacent to an activating group) is 1. The van der Waals surface area contributed by atoms with Gasteiger partial charge in [0.15, 0.2) is 23.7 Å². The molecule has 1 aromatic carbocycles. The van der Waals surface area contributed by atoms with Crippen molar-refractivity contribution < 1.29 is 28.9 Å². The van der Waals surface area contributed by atoms with Gasteiger partial charge in [-0.1, -0.05) is 12.1 Å². The number of para-hydroxylation sites is 2. The molecule has 0 radical (unpaired) electrons. The Bertz CT molecular complexity index is 604. The molecule has 0 saturated carbocycles. The molecule has 0 spiro atoms. The quantitative estimate of drug-likeness (QED) is 0.887. The molecule has 1 N–H and O–H groups in total. The van der Waals surface area contributed by atoms with Gasteiger partial charge in [-0.15, -0.1) is 0 Å². The lowest BCUT2D eigenvalue weighted by molar-refractivity contribution is -0.154. The van der Waals surface area contributed by atoms with E-state index >= 15 is 0 Å². The maximum absolute atomic E-state index is 12.3. The molecule has 1 fully saturated rings. The molecule has 1 saturated heterocycles. The highest BCUT2D eigenvalue weighted by atomic mass is 16.6. The second-order valence-corrected chi connectivity index (χ2v) is 5.75. The average Bonchev–Trinajstić information content (AvgIpc) is 3.04. The highest BCUT2D eigenvalue weighted by Crippen LogP contribution is 2.31. The Morgan fingerprint density at radius 2 is 1.91 bits per heavy atom. The van der Waals surface area contributed by atoms with E-state index in [4.69, 9.17) is 19.3 Å². The SMILES string of the molecule is CN(CC1COc2ccccc2O1)C(=O)[C@@H]1CC[C@H](C(=O)O)O1. The van der Waals surface area contributed by atoms with E-state index in [0.717, 1.165) is 0 Å². The number of fused-ring (bicyclic) bond motifs is 1. The van der Waals surface area contributed by atoms with Gasteiger partial charge in [0, 0.05) is 7.05 Å². The smallest absolute Gasteiger partial charge is 0.332 e. The minimum absolute atomic E-state index is 0.226. The summed E-state index contributed by atoms with van der Waals surface area (Å²) in [6.45, 7) is 0.711. The van der Waals surface area contributed by atoms with E-state index in [0.29, 0.717) is 37.5 Å². The lowest BCUT2D eigenvalue weighted by Gasteiger charge is -2.30. The van der Waals surface area contributed by atoms with Crippen molar-refractivity contribution in [3.05, 3.63) is 24.3 Å². The number of carbonyl (C=O) groups excluding carboxylic acids is 1. The van der Waals surface area contributed by atoms with Crippen LogP contribution in [-0.2, 0) is 14.3 Å². The fourth-order valence-electron chi connectivity index (χ4n) is 2.79. The van der Waals surface area contributed by atoms with Crippen LogP contribution in [0.4, 0.5) is 0 Å². The number of rotatable bonds is 4. The van der Waals surface area contributed by atoms with Crippen molar-refractivity contribution in [3.63, 3.8) is 0 Å². The molecule has 0 aromatic heterocycles. The van der Waals surface area contributed by atoms with Gasteiger partial charge in [0.2, 0.25) is 0 Å². The second kappa shape index (κ2) is 6.45. The largest absolute Gasteiger partial charge is 0.486 e. The van der Waals surface area contributed by atoms with E-state index in [1.54, 1.807) is 7.05 Å². The normalized spacial score (nSPS) is 25.9. The molecule has 0 bridgehead atoms. The van der Waals surface area contributed by atoms with Crippen molar-refractivity contribution in [1.82, 2.24) is 4.90 Å². The molecule has 3 atom stereocenters. The Morgan fingerprint density at radius 1 is 1.22 bits per heavy atom. The molecule has 2 aliphatic heterocycles. The summed E-state index contributed by atoms with van der Waals surface area (Å²) in [6.07, 6.45) is -1.08. The molecule has 23 heavy (non-hydrogen) atoms. The van der Waals surface area contributed by atoms with Crippen LogP contribution in [0.15, 0.2) is 24.3 Å². The fourth-order valence-corrected chi connectivity index (χ4v) is 2.79. The van der Waals surface area contributed by atoms with Crippen molar-refractivity contribution in [2.75, 3.05) is 20.2 Å². The summed E-state index contributed by atoms with van der Waals surface area (Å²) in [7, 11) is 1.66. The maximum Gasteiger partial charge on any atom is 0.332 e. The molecule has 1 amide bonds. The van der Waals surface area contributed by atoms with Gasteiger partial charge in [-0.25, -0.2) is 4.79 Å². The highest BCUT2D eigenvalue weighted by molar-refractivity contribution is 5.82. The number of hydrogen-bond donors (Lipinski definition) is 1. The van der Waals surface area contributed by atoms with Crippen LogP contribution in [0.25, 0.3) is 0 Å². The molecule has 1 unspecified atom stereocenters. The molecule has 3 rings (SSSR count). The molecule has 7 heteroatoms. The third kappa shape index (κ3) is 3.39. The minimum Gasteiger partial charge on any atom is -0.486 e. The van der Waals surface area contributed by atoms with Gasteiger partial charge in [0.05, 0.1) is 6.54 Å². The highest BCUT2D eigenvalue weighted by Gasteiger charge is 2.36. The average molecular weight is 321 g/mol. The first kappa shape index (κ1) is 15.6. The van der Waals surface area contributed by atoms with Crippen LogP contribution in [0.3, 0.4) is 0 Å². The first-order valence-electron chi connectivity index (χ1n) is 7.56. The number of nitrogens with zero attached hydrogens (tertiary/aromatic N) is 1. The van der Waals surface area contributed by atoms with Crippen molar-refractivity contribution in [3.8, 4) is 11.5 Å². The predicted octanol–water partition coefficient (Wildman–Crippen LogP) is 0.917. The van der Waals surface area contributed by atoms with Gasteiger partial charge in [0.25, 0.3) is 5.91 Å². The predicted molar refractivity (Wildman–Crippen MR) is 79.5 cm³/mol. The standard InChI is InChI=1S/C16H19NO6/c1-17(15(18)13-6-7-14(23-13)16(19)20)8-10-9-21-11-4-2-3-5-12(11)22-10/h2-5,10,13-14H,6-9H2,1H3,(H,19,20)/t10?,13-,14+/m0/s1. The maximum atomic E-state index is 12.3. The summed E-state index contributed by atoms with van der Waals surface area (Å²) in [5.74, 6) is 0.105. The van der Waals surface area contributed by atoms with Crippen LogP contribution >= 0.6 is 0 Å². The van der Waals surface area contributed by atoms with Gasteiger partial charge < -0.3 is 24.2 Å². The zero-order valence-electron chi connectivity index (χ0n) is 12.8. The zero-order valence-corrected chi connectivity index (χ0v) is 12.8. The minimum atomic E-state index is -1.02. The van der Waals surface area contributed by atoms with Gasteiger partial charge in [-0.3, -0.25) is 4.79 Å². The summed E-state index contributed by atoms with van der Waals surface area (Å²) in [4.78, 5) is 24.7. The number of carboxylic acids is 1. The van der Waals surface area contributed by atoms with Crippen molar-refractivity contribution in [2.24, 2.45) is 0 Å². The van der Waals surface area contributed by atoms with Crippen LogP contribution in [0.2, 0.25) is 0 Å². The van der Waals surface area contributed by atoms with Crippen LogP contribution in [0, 0.1) is 0 Å². The lowest BCUT2D eigenvalue weighted by Crippen LogP contribution is -2.45. The molecule has 7 nitrogen and oxygen atoms in total. The van der Waals surface area contributed by atoms with E-state index in [1.807, 2.05) is 24.3 Å². The summed E-state index contributed by atoms with van der Waals surface area (Å²) in [6, 6.07) is 7.38. The second-order valence-electron chi connectivity index (χ2n) is 5.75. The van der Waals surface area contributed by atoms with Crippen LogP contribution in [-0.4, -0.2) is 60.4 Å². The fraction of sp³-hybridized carbons (Fsp3) is 0.500. The first-order valence-corrected chi connectivity index (χ1v) is 7.56. The summed E-state index contributed by atoms with van der Waals surface area (Å²) in [5, 5.41) is 8.92. The van der Waals surface area contributed by atoms with E-state index in [1.165, 1.54) is 4.90 Å². The van der Waals surface area contributed by atoms with Gasteiger partial charge in [0.1, 0.15) is 12.7 Å². The lowest BCUT2D eigenvalue weighted by atomic mass is 10.1. The summed E-state index contributed by atoms with van der Waals surface area (Å²) in [5.41, 5.74) is 0. The Morgan fingerprint density at radius 3 is 2.61 bits per heavy atom. The van der Waals surface area contributed by atoms with Crippen molar-refractivity contribution >= 4 is 11.9 Å². The van der Waals surface area contributed by atoms with E-state index in [2.05, 4.69) is 0 Å². The zero-order chi connectivity index (χ0) is 16.4. The number of amides is 1. The molecular formula is C16H19NO6. The molecule has 2 aliphatic rings. The molecule has 124 valence electrons. The van der Waals surface area contributed by atoms with E-state index in [-0.39, 0.29) is 12.0 Å². The third-order valence-corrected chi connectivity index (χ3v) is 3.99. The Balaban J connectivity index is 1.54.